The minimum absolute atomic E-state index is 0.223. The van der Waals surface area contributed by atoms with Crippen LogP contribution in [0.2, 0.25) is 0 Å². The Kier molecular flexibility index (Phi) is 7.07. The summed E-state index contributed by atoms with van der Waals surface area (Å²) < 4.78 is 9.99. The van der Waals surface area contributed by atoms with E-state index in [4.69, 9.17) is 9.47 Å². The first-order chi connectivity index (χ1) is 6.95. The summed E-state index contributed by atoms with van der Waals surface area (Å²) in [5, 5.41) is 12.6. The number of ether oxygens (including phenoxy) is 2. The molecule has 0 aliphatic heterocycles. The summed E-state index contributed by atoms with van der Waals surface area (Å²) in [6, 6.07) is 0. The van der Waals surface area contributed by atoms with Gasteiger partial charge in [-0.2, -0.15) is 0 Å². The molecule has 0 heterocycles. The molecule has 0 saturated heterocycles. The van der Waals surface area contributed by atoms with Gasteiger partial charge in [0.2, 0.25) is 0 Å². The van der Waals surface area contributed by atoms with Gasteiger partial charge in [0.15, 0.2) is 0 Å². The monoisotopic (exact) mass is 218 g/mol. The lowest BCUT2D eigenvalue weighted by Gasteiger charge is -2.19. The molecule has 0 fully saturated rings. The smallest absolute Gasteiger partial charge is 0.407 e. The number of nitrogens with one attached hydrogen (secondary N) is 1. The SMILES string of the molecule is CC(C)(C)OC(=O)NCCCOCC[O]. The van der Waals surface area contributed by atoms with Gasteiger partial charge in [-0.15, -0.1) is 0 Å². The van der Waals surface area contributed by atoms with Gasteiger partial charge in [-0.1, -0.05) is 0 Å². The van der Waals surface area contributed by atoms with Crippen LogP contribution in [0.15, 0.2) is 0 Å². The van der Waals surface area contributed by atoms with Gasteiger partial charge in [0, 0.05) is 13.2 Å². The second kappa shape index (κ2) is 7.48. The van der Waals surface area contributed by atoms with Crippen molar-refractivity contribution in [3.8, 4) is 0 Å². The fraction of sp³-hybridized carbons (Fsp3) is 0.900. The maximum absolute atomic E-state index is 11.1. The van der Waals surface area contributed by atoms with Crippen LogP contribution < -0.4 is 5.32 Å². The third-order valence-corrected chi connectivity index (χ3v) is 1.36. The molecule has 0 atom stereocenters. The Bertz CT molecular complexity index is 177. The number of carbonyl (C=O) groups is 1. The third-order valence-electron chi connectivity index (χ3n) is 1.36. The molecule has 1 radical (unpaired) electrons. The van der Waals surface area contributed by atoms with E-state index in [9.17, 15) is 9.90 Å². The molecule has 0 aliphatic rings. The number of rotatable bonds is 6. The molecule has 1 amide bonds. The summed E-state index contributed by atoms with van der Waals surface area (Å²) in [5.74, 6) is 0. The minimum atomic E-state index is -0.469. The van der Waals surface area contributed by atoms with Crippen molar-refractivity contribution in [2.45, 2.75) is 32.8 Å². The Morgan fingerprint density at radius 3 is 2.47 bits per heavy atom. The maximum atomic E-state index is 11.1. The molecule has 1 N–H and O–H groups in total. The van der Waals surface area contributed by atoms with Crippen LogP contribution in [-0.4, -0.2) is 38.1 Å². The first-order valence-electron chi connectivity index (χ1n) is 5.08. The van der Waals surface area contributed by atoms with Crippen LogP contribution in [0.1, 0.15) is 27.2 Å². The molecule has 0 rings (SSSR count). The average molecular weight is 218 g/mol. The lowest BCUT2D eigenvalue weighted by molar-refractivity contribution is 0.0494. The number of hydrogen-bond acceptors (Lipinski definition) is 3. The normalized spacial score (nSPS) is 11.2. The van der Waals surface area contributed by atoms with Crippen molar-refractivity contribution in [3.63, 3.8) is 0 Å². The molecule has 0 saturated carbocycles. The Morgan fingerprint density at radius 2 is 1.93 bits per heavy atom. The summed E-state index contributed by atoms with van der Waals surface area (Å²) in [7, 11) is 0. The predicted octanol–water partition coefficient (Wildman–Crippen LogP) is 1.35. The number of alkyl carbamates (subject to hydrolysis) is 1. The van der Waals surface area contributed by atoms with Crippen molar-refractivity contribution in [2.24, 2.45) is 0 Å². The Morgan fingerprint density at radius 1 is 1.27 bits per heavy atom. The van der Waals surface area contributed by atoms with Crippen LogP contribution in [0.25, 0.3) is 0 Å². The van der Waals surface area contributed by atoms with Gasteiger partial charge in [0.1, 0.15) is 12.2 Å². The fourth-order valence-corrected chi connectivity index (χ4v) is 0.840. The number of hydrogen-bond donors (Lipinski definition) is 1. The van der Waals surface area contributed by atoms with E-state index in [1.54, 1.807) is 0 Å². The average Bonchev–Trinajstić information content (AvgIpc) is 2.08. The summed E-state index contributed by atoms with van der Waals surface area (Å²) in [6.07, 6.45) is 0.255. The van der Waals surface area contributed by atoms with Crippen molar-refractivity contribution < 1.29 is 19.4 Å². The van der Waals surface area contributed by atoms with Crippen molar-refractivity contribution in [2.75, 3.05) is 26.4 Å². The number of carbonyl (C=O) groups excluding carboxylic acids is 1. The standard InChI is InChI=1S/C10H20NO4/c1-10(2,3)15-9(13)11-5-4-7-14-8-6-12/h4-8H2,1-3H3,(H,11,13). The fourth-order valence-electron chi connectivity index (χ4n) is 0.840. The molecule has 0 aromatic carbocycles. The van der Waals surface area contributed by atoms with Crippen molar-refractivity contribution in [1.82, 2.24) is 5.32 Å². The van der Waals surface area contributed by atoms with E-state index in [2.05, 4.69) is 5.32 Å². The van der Waals surface area contributed by atoms with Gasteiger partial charge in [-0.3, -0.25) is 0 Å². The molecule has 0 aromatic rings. The zero-order chi connectivity index (χ0) is 11.7. The summed E-state index contributed by atoms with van der Waals surface area (Å²) in [5.41, 5.74) is -0.469. The Labute approximate surface area is 90.8 Å². The molecule has 0 unspecified atom stereocenters. The minimum Gasteiger partial charge on any atom is -0.444 e. The zero-order valence-electron chi connectivity index (χ0n) is 9.67. The van der Waals surface area contributed by atoms with Gasteiger partial charge in [0.05, 0.1) is 6.61 Å². The van der Waals surface area contributed by atoms with Crippen molar-refractivity contribution in [3.05, 3.63) is 0 Å². The molecule has 5 heteroatoms. The lowest BCUT2D eigenvalue weighted by Crippen LogP contribution is -2.33. The van der Waals surface area contributed by atoms with E-state index in [0.717, 1.165) is 0 Å². The van der Waals surface area contributed by atoms with Crippen molar-refractivity contribution >= 4 is 6.09 Å². The van der Waals surface area contributed by atoms with Crippen LogP contribution >= 0.6 is 0 Å². The van der Waals surface area contributed by atoms with E-state index >= 15 is 0 Å². The third kappa shape index (κ3) is 11.1. The van der Waals surface area contributed by atoms with Crippen molar-refractivity contribution in [1.29, 1.82) is 0 Å². The highest BCUT2D eigenvalue weighted by Crippen LogP contribution is 2.06. The summed E-state index contributed by atoms with van der Waals surface area (Å²) in [6.45, 7) is 6.41. The first kappa shape index (κ1) is 14.2. The summed E-state index contributed by atoms with van der Waals surface area (Å²) >= 11 is 0. The lowest BCUT2D eigenvalue weighted by atomic mass is 10.2. The van der Waals surface area contributed by atoms with Crippen LogP contribution in [0, 0.1) is 0 Å². The molecular weight excluding hydrogens is 198 g/mol. The van der Waals surface area contributed by atoms with Gasteiger partial charge in [0.25, 0.3) is 0 Å². The van der Waals surface area contributed by atoms with Gasteiger partial charge in [-0.25, -0.2) is 9.90 Å². The van der Waals surface area contributed by atoms with E-state index in [-0.39, 0.29) is 13.2 Å². The van der Waals surface area contributed by atoms with Crippen LogP contribution in [0.3, 0.4) is 0 Å². The molecule has 89 valence electrons. The molecule has 0 bridgehead atoms. The van der Waals surface area contributed by atoms with E-state index < -0.39 is 11.7 Å². The molecule has 0 aliphatic carbocycles. The Balaban J connectivity index is 3.32. The summed E-state index contributed by atoms with van der Waals surface area (Å²) in [4.78, 5) is 11.1. The van der Waals surface area contributed by atoms with Gasteiger partial charge in [-0.05, 0) is 27.2 Å². The second-order valence-electron chi connectivity index (χ2n) is 4.10. The molecule has 5 nitrogen and oxygen atoms in total. The number of amides is 1. The zero-order valence-corrected chi connectivity index (χ0v) is 9.67. The highest BCUT2D eigenvalue weighted by molar-refractivity contribution is 5.67. The van der Waals surface area contributed by atoms with E-state index in [1.165, 1.54) is 0 Å². The van der Waals surface area contributed by atoms with E-state index in [1.807, 2.05) is 20.8 Å². The van der Waals surface area contributed by atoms with Gasteiger partial charge >= 0.3 is 6.09 Å². The second-order valence-corrected chi connectivity index (χ2v) is 4.10. The highest BCUT2D eigenvalue weighted by Gasteiger charge is 2.15. The van der Waals surface area contributed by atoms with Gasteiger partial charge < -0.3 is 14.8 Å². The topological polar surface area (TPSA) is 67.5 Å². The molecule has 0 spiro atoms. The molecule has 15 heavy (non-hydrogen) atoms. The quantitative estimate of drug-likeness (QED) is 0.684. The van der Waals surface area contributed by atoms with E-state index in [0.29, 0.717) is 19.6 Å². The largest absolute Gasteiger partial charge is 0.444 e. The highest BCUT2D eigenvalue weighted by atomic mass is 16.6. The Hall–Kier alpha value is -0.810. The molecular formula is C10H20NO4. The first-order valence-corrected chi connectivity index (χ1v) is 5.08. The van der Waals surface area contributed by atoms with Crippen LogP contribution in [0.5, 0.6) is 0 Å². The van der Waals surface area contributed by atoms with Crippen LogP contribution in [-0.2, 0) is 14.6 Å². The predicted molar refractivity (Wildman–Crippen MR) is 55.2 cm³/mol. The molecule has 0 aromatic heterocycles. The maximum Gasteiger partial charge on any atom is 0.407 e. The van der Waals surface area contributed by atoms with Crippen LogP contribution in [0.4, 0.5) is 4.79 Å².